The topological polar surface area (TPSA) is 24.9 Å². The number of fused-ring (bicyclic) bond motifs is 4. The molecule has 0 spiro atoms. The molecule has 0 aromatic heterocycles. The van der Waals surface area contributed by atoms with Crippen LogP contribution in [0.1, 0.15) is 0 Å². The highest BCUT2D eigenvalue weighted by Crippen LogP contribution is 2.44. The number of hydrogen-bond acceptors (Lipinski definition) is 4. The second-order valence-corrected chi connectivity index (χ2v) is 13.4. The third-order valence-corrected chi connectivity index (χ3v) is 10.1. The lowest BCUT2D eigenvalue weighted by Gasteiger charge is -2.39. The van der Waals surface area contributed by atoms with Crippen LogP contribution in [0.5, 0.6) is 23.0 Å². The minimum absolute atomic E-state index is 0.192. The number of ether oxygens (including phenoxy) is 2. The molecule has 0 saturated carbocycles. The Morgan fingerprint density at radius 3 is 1.72 bits per heavy atom. The van der Waals surface area contributed by atoms with Gasteiger partial charge in [0.1, 0.15) is 28.0 Å². The maximum Gasteiger partial charge on any atom is 0.256 e. The summed E-state index contributed by atoms with van der Waals surface area (Å²) < 4.78 is 12.3. The normalized spacial score (nSPS) is 11.9. The average Bonchev–Trinajstić information content (AvgIpc) is 3.24. The maximum absolute atomic E-state index is 6.79. The quantitative estimate of drug-likeness (QED) is 0.160. The predicted molar refractivity (Wildman–Crippen MR) is 225 cm³/mol. The van der Waals surface area contributed by atoms with Crippen LogP contribution in [0.25, 0.3) is 0 Å². The Kier molecular flexibility index (Phi) is 9.06. The van der Waals surface area contributed by atoms with Gasteiger partial charge in [0.15, 0.2) is 0 Å². The molecule has 0 bridgehead atoms. The fourth-order valence-corrected chi connectivity index (χ4v) is 7.63. The third-order valence-electron chi connectivity index (χ3n) is 9.71. The number of benzene rings is 8. The number of halogens is 1. The second kappa shape index (κ2) is 14.7. The van der Waals surface area contributed by atoms with Crippen LogP contribution in [-0.4, -0.2) is 6.71 Å². The molecule has 0 saturated heterocycles. The van der Waals surface area contributed by atoms with Crippen LogP contribution >= 0.6 is 11.6 Å². The van der Waals surface area contributed by atoms with Gasteiger partial charge in [-0.25, -0.2) is 0 Å². The predicted octanol–water partition coefficient (Wildman–Crippen LogP) is 11.7. The molecule has 4 nitrogen and oxygen atoms in total. The average molecular weight is 717 g/mol. The Morgan fingerprint density at radius 1 is 0.481 bits per heavy atom. The van der Waals surface area contributed by atoms with Crippen molar-refractivity contribution in [1.29, 1.82) is 0 Å². The second-order valence-electron chi connectivity index (χ2n) is 13.0. The minimum Gasteiger partial charge on any atom is -0.458 e. The van der Waals surface area contributed by atoms with Crippen LogP contribution in [0.2, 0.25) is 5.02 Å². The Hall–Kier alpha value is -6.69. The number of nitrogens with zero attached hydrogens (tertiary/aromatic N) is 2. The lowest BCUT2D eigenvalue weighted by molar-refractivity contribution is 0.483. The summed E-state index contributed by atoms with van der Waals surface area (Å²) in [6, 6.07) is 69.9. The van der Waals surface area contributed by atoms with E-state index in [4.69, 9.17) is 21.1 Å². The number of rotatable bonds is 6. The van der Waals surface area contributed by atoms with E-state index < -0.39 is 0 Å². The molecule has 8 aromatic carbocycles. The number of para-hydroxylation sites is 6. The molecule has 0 amide bonds. The van der Waals surface area contributed by atoms with Crippen LogP contribution in [-0.2, 0) is 0 Å². The Labute approximate surface area is 321 Å². The Balaban J connectivity index is 0.000000142. The van der Waals surface area contributed by atoms with Crippen molar-refractivity contribution < 1.29 is 9.47 Å². The van der Waals surface area contributed by atoms with E-state index in [-0.39, 0.29) is 6.71 Å². The standard InChI is InChI=1S/C24H16BNO.C24H18ClNO/c1-2-9-17(10-3-1)26-20-13-6-4-11-18(20)25-19-12-5-7-15-22(19)27-23-16-8-14-21(26)24(23)25;25-24-22(17-10-18-23(24)27-21-15-8-3-9-16-21)26(19-11-4-1-5-12-19)20-13-6-2-7-14-20/h1-16H;1-18H. The molecule has 0 radical (unpaired) electrons. The zero-order chi connectivity index (χ0) is 36.3. The zero-order valence-corrected chi connectivity index (χ0v) is 30.1. The van der Waals surface area contributed by atoms with Crippen LogP contribution in [0, 0.1) is 0 Å². The SMILES string of the molecule is Clc1c(Oc2ccccc2)cccc1N(c1ccccc1)c1ccccc1.c1ccc(N2c3ccccc3B3c4ccccc4Oc4cccc2c43)cc1. The highest BCUT2D eigenvalue weighted by molar-refractivity contribution is 6.99. The van der Waals surface area contributed by atoms with Gasteiger partial charge in [0.05, 0.1) is 5.69 Å². The molecular weight excluding hydrogens is 683 g/mol. The Bertz CT molecular complexity index is 2500. The van der Waals surface area contributed by atoms with Gasteiger partial charge in [0, 0.05) is 28.4 Å². The molecule has 54 heavy (non-hydrogen) atoms. The molecule has 0 aliphatic carbocycles. The first-order chi connectivity index (χ1) is 26.7. The van der Waals surface area contributed by atoms with E-state index in [2.05, 4.69) is 125 Å². The molecule has 2 heterocycles. The maximum atomic E-state index is 6.79. The largest absolute Gasteiger partial charge is 0.458 e. The number of hydrogen-bond donors (Lipinski definition) is 0. The highest BCUT2D eigenvalue weighted by atomic mass is 35.5. The summed E-state index contributed by atoms with van der Waals surface area (Å²) in [5.74, 6) is 3.28. The highest BCUT2D eigenvalue weighted by Gasteiger charge is 2.41. The van der Waals surface area contributed by atoms with Crippen LogP contribution in [0.4, 0.5) is 34.1 Å². The summed E-state index contributed by atoms with van der Waals surface area (Å²) in [5, 5.41) is 0.564. The van der Waals surface area contributed by atoms with Gasteiger partial charge in [-0.3, -0.25) is 0 Å². The first-order valence-corrected chi connectivity index (χ1v) is 18.4. The van der Waals surface area contributed by atoms with E-state index >= 15 is 0 Å². The summed E-state index contributed by atoms with van der Waals surface area (Å²) in [4.78, 5) is 4.47. The minimum atomic E-state index is 0.192. The van der Waals surface area contributed by atoms with E-state index in [0.717, 1.165) is 40.0 Å². The zero-order valence-electron chi connectivity index (χ0n) is 29.3. The molecule has 0 atom stereocenters. The fourth-order valence-electron chi connectivity index (χ4n) is 7.38. The van der Waals surface area contributed by atoms with E-state index in [0.29, 0.717) is 10.8 Å². The van der Waals surface area contributed by atoms with Gasteiger partial charge < -0.3 is 19.3 Å². The summed E-state index contributed by atoms with van der Waals surface area (Å²) in [5.41, 5.74) is 10.3. The lowest BCUT2D eigenvalue weighted by Crippen LogP contribution is -2.59. The molecule has 258 valence electrons. The van der Waals surface area contributed by atoms with Crippen molar-refractivity contribution in [2.24, 2.45) is 0 Å². The molecule has 0 fully saturated rings. The monoisotopic (exact) mass is 716 g/mol. The molecule has 2 aliphatic heterocycles. The molecular formula is C48H34BClN2O2. The first kappa shape index (κ1) is 33.2. The Morgan fingerprint density at radius 2 is 1.02 bits per heavy atom. The van der Waals surface area contributed by atoms with Gasteiger partial charge in [-0.05, 0) is 101 Å². The van der Waals surface area contributed by atoms with Crippen LogP contribution < -0.4 is 35.7 Å². The van der Waals surface area contributed by atoms with Crippen molar-refractivity contribution >= 4 is 68.8 Å². The van der Waals surface area contributed by atoms with E-state index in [1.807, 2.05) is 91.0 Å². The summed E-state index contributed by atoms with van der Waals surface area (Å²) >= 11 is 6.79. The van der Waals surface area contributed by atoms with Crippen molar-refractivity contribution in [1.82, 2.24) is 0 Å². The van der Waals surface area contributed by atoms with Crippen molar-refractivity contribution in [3.05, 3.63) is 211 Å². The molecule has 2 aliphatic rings. The van der Waals surface area contributed by atoms with Crippen molar-refractivity contribution in [2.75, 3.05) is 9.80 Å². The summed E-state index contributed by atoms with van der Waals surface area (Å²) in [7, 11) is 0. The first-order valence-electron chi connectivity index (χ1n) is 18.0. The van der Waals surface area contributed by atoms with Crippen molar-refractivity contribution in [3.63, 3.8) is 0 Å². The smallest absolute Gasteiger partial charge is 0.256 e. The third kappa shape index (κ3) is 6.25. The van der Waals surface area contributed by atoms with E-state index in [1.165, 1.54) is 27.8 Å². The van der Waals surface area contributed by atoms with Gasteiger partial charge in [-0.2, -0.15) is 0 Å². The molecule has 8 aromatic rings. The van der Waals surface area contributed by atoms with Gasteiger partial charge in [0.2, 0.25) is 0 Å². The van der Waals surface area contributed by atoms with Gasteiger partial charge in [0.25, 0.3) is 6.71 Å². The molecule has 0 N–H and O–H groups in total. The van der Waals surface area contributed by atoms with E-state index in [1.54, 1.807) is 0 Å². The lowest BCUT2D eigenvalue weighted by atomic mass is 9.34. The van der Waals surface area contributed by atoms with Gasteiger partial charge >= 0.3 is 0 Å². The number of anilines is 6. The van der Waals surface area contributed by atoms with Crippen LogP contribution in [0.15, 0.2) is 206 Å². The molecule has 0 unspecified atom stereocenters. The van der Waals surface area contributed by atoms with Crippen molar-refractivity contribution in [2.45, 2.75) is 0 Å². The van der Waals surface area contributed by atoms with Crippen molar-refractivity contribution in [3.8, 4) is 23.0 Å². The molecule has 10 rings (SSSR count). The fraction of sp³-hybridized carbons (Fsp3) is 0. The van der Waals surface area contributed by atoms with Gasteiger partial charge in [-0.1, -0.05) is 133 Å². The summed E-state index contributed by atoms with van der Waals surface area (Å²) in [6.45, 7) is 0.192. The summed E-state index contributed by atoms with van der Waals surface area (Å²) in [6.07, 6.45) is 0. The molecule has 6 heteroatoms. The van der Waals surface area contributed by atoms with Gasteiger partial charge in [-0.15, -0.1) is 0 Å². The van der Waals surface area contributed by atoms with Crippen LogP contribution in [0.3, 0.4) is 0 Å². The van der Waals surface area contributed by atoms with E-state index in [9.17, 15) is 0 Å².